The molecule has 0 aliphatic rings. The van der Waals surface area contributed by atoms with Crippen molar-refractivity contribution in [3.8, 4) is 0 Å². The van der Waals surface area contributed by atoms with Gasteiger partial charge in [0.05, 0.1) is 25.4 Å². The minimum Gasteiger partial charge on any atom is -0.466 e. The maximum Gasteiger partial charge on any atom is 0.305 e. The first-order valence-corrected chi connectivity index (χ1v) is 26.5. The zero-order valence-electron chi connectivity index (χ0n) is 39.7. The molecule has 0 aliphatic carbocycles. The first kappa shape index (κ1) is 57.6. The number of hydrogen-bond acceptors (Lipinski definition) is 5. The van der Waals surface area contributed by atoms with Crippen molar-refractivity contribution in [3.05, 3.63) is 12.2 Å². The van der Waals surface area contributed by atoms with Gasteiger partial charge in [0.25, 0.3) is 0 Å². The van der Waals surface area contributed by atoms with Crippen LogP contribution in [0.25, 0.3) is 0 Å². The lowest BCUT2D eigenvalue weighted by Crippen LogP contribution is -2.45. The van der Waals surface area contributed by atoms with Crippen molar-refractivity contribution in [2.24, 2.45) is 0 Å². The van der Waals surface area contributed by atoms with Crippen LogP contribution in [0.2, 0.25) is 0 Å². The lowest BCUT2D eigenvalue weighted by molar-refractivity contribution is -0.143. The number of aliphatic hydroxyl groups excluding tert-OH is 2. The molecule has 0 aromatic heterocycles. The molecule has 2 unspecified atom stereocenters. The molecule has 0 heterocycles. The molecule has 0 bridgehead atoms. The standard InChI is InChI=1S/C53H103NO5/c1-3-5-7-9-11-13-15-16-17-18-21-24-27-31-35-39-43-47-53(58)59-48-44-40-36-32-28-25-22-19-20-23-26-30-34-38-42-46-52(57)54-50(49-55)51(56)45-41-37-33-29-14-12-10-8-6-4-2/h41,45,50-51,55-56H,3-40,42-44,46-49H2,1-2H3,(H,54,57)/b45-41+. The molecule has 0 radical (unpaired) electrons. The molecule has 2 atom stereocenters. The van der Waals surface area contributed by atoms with Crippen molar-refractivity contribution in [1.82, 2.24) is 5.32 Å². The Morgan fingerprint density at radius 1 is 0.458 bits per heavy atom. The average Bonchev–Trinajstić information content (AvgIpc) is 3.24. The van der Waals surface area contributed by atoms with E-state index in [2.05, 4.69) is 19.2 Å². The van der Waals surface area contributed by atoms with E-state index in [9.17, 15) is 19.8 Å². The van der Waals surface area contributed by atoms with E-state index in [0.29, 0.717) is 19.4 Å². The molecular formula is C53H103NO5. The summed E-state index contributed by atoms with van der Waals surface area (Å²) in [7, 11) is 0. The van der Waals surface area contributed by atoms with Gasteiger partial charge in [-0.3, -0.25) is 9.59 Å². The number of nitrogens with one attached hydrogen (secondary N) is 1. The van der Waals surface area contributed by atoms with Gasteiger partial charge in [0.15, 0.2) is 0 Å². The second kappa shape index (κ2) is 49.3. The summed E-state index contributed by atoms with van der Waals surface area (Å²) in [5.41, 5.74) is 0. The van der Waals surface area contributed by atoms with Gasteiger partial charge in [0, 0.05) is 12.8 Å². The predicted molar refractivity (Wildman–Crippen MR) is 255 cm³/mol. The summed E-state index contributed by atoms with van der Waals surface area (Å²) >= 11 is 0. The Labute approximate surface area is 368 Å². The number of esters is 1. The largest absolute Gasteiger partial charge is 0.466 e. The van der Waals surface area contributed by atoms with E-state index in [1.165, 1.54) is 218 Å². The number of carbonyl (C=O) groups is 2. The van der Waals surface area contributed by atoms with Crippen molar-refractivity contribution >= 4 is 11.9 Å². The number of allylic oxidation sites excluding steroid dienone is 1. The fourth-order valence-electron chi connectivity index (χ4n) is 8.22. The zero-order valence-corrected chi connectivity index (χ0v) is 39.7. The quantitative estimate of drug-likeness (QED) is 0.0322. The topological polar surface area (TPSA) is 95.9 Å². The summed E-state index contributed by atoms with van der Waals surface area (Å²) in [6.07, 6.45) is 56.5. The second-order valence-corrected chi connectivity index (χ2v) is 18.2. The highest BCUT2D eigenvalue weighted by molar-refractivity contribution is 5.76. The van der Waals surface area contributed by atoms with Gasteiger partial charge in [-0.2, -0.15) is 0 Å². The predicted octanol–water partition coefficient (Wildman–Crippen LogP) is 15.7. The molecule has 1 amide bonds. The maximum atomic E-state index is 12.4. The van der Waals surface area contributed by atoms with Crippen LogP contribution >= 0.6 is 0 Å². The van der Waals surface area contributed by atoms with E-state index in [-0.39, 0.29) is 18.5 Å². The van der Waals surface area contributed by atoms with Crippen LogP contribution in [0.4, 0.5) is 0 Å². The van der Waals surface area contributed by atoms with E-state index >= 15 is 0 Å². The SMILES string of the molecule is CCCCCCCCCC/C=C/C(O)C(CO)NC(=O)CCCCCCCCCCCCCCCCCOC(=O)CCCCCCCCCCCCCCCCCCC. The second-order valence-electron chi connectivity index (χ2n) is 18.2. The molecule has 0 aromatic rings. The normalized spacial score (nSPS) is 12.7. The molecule has 0 aliphatic heterocycles. The molecular weight excluding hydrogens is 731 g/mol. The Morgan fingerprint density at radius 3 is 1.15 bits per heavy atom. The van der Waals surface area contributed by atoms with Crippen LogP contribution in [0, 0.1) is 0 Å². The van der Waals surface area contributed by atoms with Crippen molar-refractivity contribution < 1.29 is 24.5 Å². The van der Waals surface area contributed by atoms with Gasteiger partial charge in [-0.25, -0.2) is 0 Å². The highest BCUT2D eigenvalue weighted by atomic mass is 16.5. The van der Waals surface area contributed by atoms with Crippen LogP contribution in [-0.4, -0.2) is 47.4 Å². The molecule has 0 rings (SSSR count). The minimum atomic E-state index is -0.847. The third kappa shape index (κ3) is 45.9. The number of hydrogen-bond donors (Lipinski definition) is 3. The number of aliphatic hydroxyl groups is 2. The summed E-state index contributed by atoms with van der Waals surface area (Å²) < 4.78 is 5.48. The van der Waals surface area contributed by atoms with Crippen LogP contribution in [0.3, 0.4) is 0 Å². The van der Waals surface area contributed by atoms with Gasteiger partial charge in [-0.15, -0.1) is 0 Å². The molecule has 59 heavy (non-hydrogen) atoms. The Kier molecular flexibility index (Phi) is 48.1. The van der Waals surface area contributed by atoms with E-state index in [1.54, 1.807) is 6.08 Å². The van der Waals surface area contributed by atoms with Gasteiger partial charge in [-0.05, 0) is 32.1 Å². The summed E-state index contributed by atoms with van der Waals surface area (Å²) in [5.74, 6) is -0.0742. The Morgan fingerprint density at radius 2 is 0.780 bits per heavy atom. The van der Waals surface area contributed by atoms with Crippen molar-refractivity contribution in [3.63, 3.8) is 0 Å². The van der Waals surface area contributed by atoms with Gasteiger partial charge in [0.1, 0.15) is 0 Å². The number of carbonyl (C=O) groups excluding carboxylic acids is 2. The van der Waals surface area contributed by atoms with E-state index in [4.69, 9.17) is 4.74 Å². The first-order chi connectivity index (χ1) is 29.0. The van der Waals surface area contributed by atoms with Crippen LogP contribution in [-0.2, 0) is 14.3 Å². The van der Waals surface area contributed by atoms with Gasteiger partial charge >= 0.3 is 5.97 Å². The highest BCUT2D eigenvalue weighted by Gasteiger charge is 2.18. The van der Waals surface area contributed by atoms with E-state index in [1.807, 2.05) is 6.08 Å². The van der Waals surface area contributed by atoms with Crippen LogP contribution in [0.15, 0.2) is 12.2 Å². The minimum absolute atomic E-state index is 0.00331. The molecule has 3 N–H and O–H groups in total. The van der Waals surface area contributed by atoms with Crippen molar-refractivity contribution in [2.75, 3.05) is 13.2 Å². The number of rotatable bonds is 49. The smallest absolute Gasteiger partial charge is 0.305 e. The van der Waals surface area contributed by atoms with E-state index in [0.717, 1.165) is 44.9 Å². The van der Waals surface area contributed by atoms with Crippen LogP contribution in [0.1, 0.15) is 290 Å². The molecule has 0 saturated carbocycles. The Balaban J connectivity index is 3.40. The zero-order chi connectivity index (χ0) is 43.0. The Bertz CT molecular complexity index is 878. The number of unbranched alkanes of at least 4 members (excludes halogenated alkanes) is 38. The molecule has 0 fully saturated rings. The summed E-state index contributed by atoms with van der Waals surface area (Å²) in [6, 6.07) is -0.631. The highest BCUT2D eigenvalue weighted by Crippen LogP contribution is 2.17. The van der Waals surface area contributed by atoms with Crippen molar-refractivity contribution in [1.29, 1.82) is 0 Å². The van der Waals surface area contributed by atoms with Crippen LogP contribution in [0.5, 0.6) is 0 Å². The maximum absolute atomic E-state index is 12.4. The Hall–Kier alpha value is -1.40. The lowest BCUT2D eigenvalue weighted by atomic mass is 10.0. The van der Waals surface area contributed by atoms with E-state index < -0.39 is 12.1 Å². The average molecular weight is 834 g/mol. The summed E-state index contributed by atoms with van der Waals surface area (Å²) in [6.45, 7) is 4.88. The number of amides is 1. The lowest BCUT2D eigenvalue weighted by Gasteiger charge is -2.20. The van der Waals surface area contributed by atoms with Crippen LogP contribution < -0.4 is 5.32 Å². The molecule has 0 aromatic carbocycles. The number of ether oxygens (including phenoxy) is 1. The molecule has 0 spiro atoms. The van der Waals surface area contributed by atoms with Gasteiger partial charge < -0.3 is 20.3 Å². The molecule has 350 valence electrons. The monoisotopic (exact) mass is 834 g/mol. The first-order valence-electron chi connectivity index (χ1n) is 26.5. The molecule has 6 nitrogen and oxygen atoms in total. The third-order valence-corrected chi connectivity index (χ3v) is 12.3. The van der Waals surface area contributed by atoms with Gasteiger partial charge in [-0.1, -0.05) is 257 Å². The fraction of sp³-hybridized carbons (Fsp3) is 0.925. The molecule has 6 heteroatoms. The fourth-order valence-corrected chi connectivity index (χ4v) is 8.22. The summed E-state index contributed by atoms with van der Waals surface area (Å²) in [4.78, 5) is 24.4. The van der Waals surface area contributed by atoms with Gasteiger partial charge in [0.2, 0.25) is 5.91 Å². The van der Waals surface area contributed by atoms with Crippen molar-refractivity contribution in [2.45, 2.75) is 302 Å². The summed E-state index contributed by atoms with van der Waals surface area (Å²) in [5, 5.41) is 22.9. The third-order valence-electron chi connectivity index (χ3n) is 12.3. The molecule has 0 saturated heterocycles.